The molecule has 0 saturated heterocycles. The average Bonchev–Trinajstić information content (AvgIpc) is 2.93. The van der Waals surface area contributed by atoms with E-state index in [1.165, 1.54) is 43.2 Å². The van der Waals surface area contributed by atoms with Gasteiger partial charge in [-0.3, -0.25) is 24.6 Å². The van der Waals surface area contributed by atoms with Crippen molar-refractivity contribution in [2.45, 2.75) is 101 Å². The van der Waals surface area contributed by atoms with Gasteiger partial charge in [0.2, 0.25) is 12.3 Å². The second kappa shape index (κ2) is 14.6. The fourth-order valence-electron chi connectivity index (χ4n) is 7.25. The van der Waals surface area contributed by atoms with E-state index in [1.807, 2.05) is 37.1 Å². The molecular weight excluding hydrogens is 530 g/mol. The van der Waals surface area contributed by atoms with Crippen LogP contribution in [0, 0.1) is 17.8 Å². The van der Waals surface area contributed by atoms with Crippen molar-refractivity contribution >= 4 is 30.4 Å². The molecule has 0 aliphatic heterocycles. The van der Waals surface area contributed by atoms with Gasteiger partial charge in [0.1, 0.15) is 6.29 Å². The molecule has 0 heterocycles. The van der Waals surface area contributed by atoms with Gasteiger partial charge in [0, 0.05) is 34.8 Å². The van der Waals surface area contributed by atoms with E-state index >= 15 is 0 Å². The number of thioether (sulfide) groups is 1. The van der Waals surface area contributed by atoms with Gasteiger partial charge in [-0.15, -0.1) is 11.8 Å². The van der Waals surface area contributed by atoms with Crippen LogP contribution in [-0.4, -0.2) is 42.1 Å². The number of imide groups is 1. The number of carbonyl (C=O) groups excluding carboxylic acids is 3. The summed E-state index contributed by atoms with van der Waals surface area (Å²) in [6, 6.07) is 14.4. The number of likely N-dealkylation sites (N-methyl/N-ethyl adjacent to an activating group) is 1. The van der Waals surface area contributed by atoms with Gasteiger partial charge < -0.3 is 5.32 Å². The first kappa shape index (κ1) is 31.5. The maximum atomic E-state index is 12.4. The molecular formula is C34H47N3O3S. The SMILES string of the molecule is CCCC(C(=O)NC=O)N(C)Cc1cc(SCc2ccc(CNC3(C)CC4CC(C)CC(C4)C3)cc2)ccc1C=O. The fourth-order valence-corrected chi connectivity index (χ4v) is 8.17. The molecule has 222 valence electrons. The Hall–Kier alpha value is -2.48. The molecule has 4 rings (SSSR count). The van der Waals surface area contributed by atoms with Gasteiger partial charge >= 0.3 is 0 Å². The maximum Gasteiger partial charge on any atom is 0.243 e. The predicted octanol–water partition coefficient (Wildman–Crippen LogP) is 6.36. The molecule has 2 aliphatic carbocycles. The highest BCUT2D eigenvalue weighted by molar-refractivity contribution is 7.98. The Balaban J connectivity index is 1.32. The third-order valence-corrected chi connectivity index (χ3v) is 10.1. The second-order valence-corrected chi connectivity index (χ2v) is 13.8. The van der Waals surface area contributed by atoms with Gasteiger partial charge in [-0.25, -0.2) is 0 Å². The summed E-state index contributed by atoms with van der Waals surface area (Å²) in [6.07, 6.45) is 9.56. The molecule has 2 bridgehead atoms. The number of rotatable bonds is 14. The molecule has 7 heteroatoms. The van der Waals surface area contributed by atoms with E-state index in [1.54, 1.807) is 11.8 Å². The monoisotopic (exact) mass is 577 g/mol. The third-order valence-electron chi connectivity index (χ3n) is 9.02. The molecule has 2 amide bonds. The number of aldehydes is 1. The smallest absolute Gasteiger partial charge is 0.243 e. The summed E-state index contributed by atoms with van der Waals surface area (Å²) in [5.41, 5.74) is 4.33. The van der Waals surface area contributed by atoms with E-state index < -0.39 is 6.04 Å². The van der Waals surface area contributed by atoms with Crippen LogP contribution in [0.25, 0.3) is 0 Å². The number of nitrogens with zero attached hydrogens (tertiary/aromatic N) is 1. The molecule has 3 unspecified atom stereocenters. The van der Waals surface area contributed by atoms with Gasteiger partial charge in [-0.05, 0) is 99.1 Å². The first-order valence-corrected chi connectivity index (χ1v) is 16.2. The lowest BCUT2D eigenvalue weighted by molar-refractivity contribution is -0.129. The van der Waals surface area contributed by atoms with Crippen LogP contribution < -0.4 is 10.6 Å². The largest absolute Gasteiger partial charge is 0.307 e. The molecule has 2 N–H and O–H groups in total. The Labute approximate surface area is 250 Å². The molecule has 3 atom stereocenters. The lowest BCUT2D eigenvalue weighted by atomic mass is 9.62. The molecule has 0 radical (unpaired) electrons. The Kier molecular flexibility index (Phi) is 11.2. The third kappa shape index (κ3) is 8.76. The van der Waals surface area contributed by atoms with Crippen molar-refractivity contribution in [3.8, 4) is 0 Å². The summed E-state index contributed by atoms with van der Waals surface area (Å²) < 4.78 is 0. The summed E-state index contributed by atoms with van der Waals surface area (Å²) >= 11 is 1.74. The maximum absolute atomic E-state index is 12.4. The van der Waals surface area contributed by atoms with Gasteiger partial charge in [0.25, 0.3) is 0 Å². The molecule has 0 spiro atoms. The second-order valence-electron chi connectivity index (χ2n) is 12.8. The normalized spacial score (nSPS) is 24.6. The minimum absolute atomic E-state index is 0.247. The van der Waals surface area contributed by atoms with Crippen molar-refractivity contribution in [1.29, 1.82) is 0 Å². The molecule has 2 aromatic carbocycles. The van der Waals surface area contributed by atoms with Crippen molar-refractivity contribution in [2.75, 3.05) is 7.05 Å². The first-order chi connectivity index (χ1) is 19.7. The number of fused-ring (bicyclic) bond motifs is 2. The number of benzene rings is 2. The number of carbonyl (C=O) groups is 3. The van der Waals surface area contributed by atoms with Crippen LogP contribution in [0.2, 0.25) is 0 Å². The summed E-state index contributed by atoms with van der Waals surface area (Å²) in [5.74, 6) is 3.19. The van der Waals surface area contributed by atoms with Gasteiger partial charge in [-0.2, -0.15) is 0 Å². The fraction of sp³-hybridized carbons (Fsp3) is 0.559. The number of hydrogen-bond acceptors (Lipinski definition) is 6. The zero-order valence-corrected chi connectivity index (χ0v) is 26.0. The zero-order valence-electron chi connectivity index (χ0n) is 25.2. The lowest BCUT2D eigenvalue weighted by Gasteiger charge is -2.47. The summed E-state index contributed by atoms with van der Waals surface area (Å²) in [5, 5.41) is 6.19. The van der Waals surface area contributed by atoms with E-state index in [4.69, 9.17) is 0 Å². The molecule has 0 aromatic heterocycles. The van der Waals surface area contributed by atoms with Crippen LogP contribution in [0.4, 0.5) is 0 Å². The lowest BCUT2D eigenvalue weighted by Crippen LogP contribution is -2.50. The molecule has 2 fully saturated rings. The Morgan fingerprint density at radius 2 is 1.76 bits per heavy atom. The van der Waals surface area contributed by atoms with E-state index in [2.05, 4.69) is 48.7 Å². The van der Waals surface area contributed by atoms with Crippen LogP contribution in [0.1, 0.15) is 92.8 Å². The summed E-state index contributed by atoms with van der Waals surface area (Å²) in [4.78, 5) is 37.9. The number of amides is 2. The van der Waals surface area contributed by atoms with E-state index in [9.17, 15) is 14.4 Å². The van der Waals surface area contributed by atoms with Crippen LogP contribution in [-0.2, 0) is 28.4 Å². The molecule has 2 saturated carbocycles. The molecule has 41 heavy (non-hydrogen) atoms. The topological polar surface area (TPSA) is 78.5 Å². The van der Waals surface area contributed by atoms with Crippen LogP contribution in [0.3, 0.4) is 0 Å². The van der Waals surface area contributed by atoms with Crippen molar-refractivity contribution < 1.29 is 14.4 Å². The molecule has 2 aromatic rings. The standard InChI is InChI=1S/C34H47N3O3S/c1-5-6-32(33(40)35-23-39)37(4)20-30-16-31(12-11-29(30)21-38)41-22-26-9-7-25(8-10-26)19-36-34(3)17-27-13-24(2)14-28(15-27)18-34/h7-12,16,21,23-24,27-28,32,36H,5-6,13-15,17-20,22H2,1-4H3,(H,35,39,40). The van der Waals surface area contributed by atoms with Gasteiger partial charge in [0.05, 0.1) is 6.04 Å². The van der Waals surface area contributed by atoms with Crippen LogP contribution >= 0.6 is 11.8 Å². The quantitative estimate of drug-likeness (QED) is 0.201. The minimum atomic E-state index is -0.432. The molecule has 6 nitrogen and oxygen atoms in total. The van der Waals surface area contributed by atoms with Crippen molar-refractivity contribution in [3.05, 3.63) is 64.7 Å². The minimum Gasteiger partial charge on any atom is -0.307 e. The number of hydrogen-bond donors (Lipinski definition) is 2. The van der Waals surface area contributed by atoms with Gasteiger partial charge in [0.15, 0.2) is 0 Å². The molecule has 2 aliphatic rings. The Bertz CT molecular complexity index is 1170. The highest BCUT2D eigenvalue weighted by Gasteiger charge is 2.40. The highest BCUT2D eigenvalue weighted by Crippen LogP contribution is 2.46. The average molecular weight is 578 g/mol. The zero-order chi connectivity index (χ0) is 29.4. The van der Waals surface area contributed by atoms with Crippen LogP contribution in [0.5, 0.6) is 0 Å². The Morgan fingerprint density at radius 1 is 1.07 bits per heavy atom. The van der Waals surface area contributed by atoms with E-state index in [-0.39, 0.29) is 11.4 Å². The van der Waals surface area contributed by atoms with Crippen molar-refractivity contribution in [2.24, 2.45) is 17.8 Å². The van der Waals surface area contributed by atoms with Crippen molar-refractivity contribution in [1.82, 2.24) is 15.5 Å². The van der Waals surface area contributed by atoms with E-state index in [0.29, 0.717) is 24.9 Å². The first-order valence-electron chi connectivity index (χ1n) is 15.2. The van der Waals surface area contributed by atoms with Gasteiger partial charge in [-0.1, -0.05) is 50.6 Å². The van der Waals surface area contributed by atoms with E-state index in [0.717, 1.165) is 53.2 Å². The predicted molar refractivity (Wildman–Crippen MR) is 167 cm³/mol. The van der Waals surface area contributed by atoms with Crippen LogP contribution in [0.15, 0.2) is 47.4 Å². The summed E-state index contributed by atoms with van der Waals surface area (Å²) in [6.45, 7) is 8.22. The summed E-state index contributed by atoms with van der Waals surface area (Å²) in [7, 11) is 1.86. The van der Waals surface area contributed by atoms with Crippen molar-refractivity contribution in [3.63, 3.8) is 0 Å². The number of nitrogens with one attached hydrogen (secondary N) is 2. The highest BCUT2D eigenvalue weighted by atomic mass is 32.2. The Morgan fingerprint density at radius 3 is 2.39 bits per heavy atom.